The third-order valence-corrected chi connectivity index (χ3v) is 3.45. The molecule has 0 aromatic carbocycles. The van der Waals surface area contributed by atoms with E-state index >= 15 is 0 Å². The Morgan fingerprint density at radius 1 is 1.04 bits per heavy atom. The average Bonchev–Trinajstić information content (AvgIpc) is 3.05. The minimum atomic E-state index is -0.654. The molecule has 0 radical (unpaired) electrons. The molecule has 1 aromatic rings. The molecule has 0 aliphatic carbocycles. The van der Waals surface area contributed by atoms with Gasteiger partial charge in [0, 0.05) is 13.3 Å². The summed E-state index contributed by atoms with van der Waals surface area (Å²) in [5, 5.41) is 35.7. The van der Waals surface area contributed by atoms with Gasteiger partial charge in [0.25, 0.3) is 0 Å². The third-order valence-electron chi connectivity index (χ3n) is 3.45. The summed E-state index contributed by atoms with van der Waals surface area (Å²) in [6.07, 6.45) is 2.53. The summed E-state index contributed by atoms with van der Waals surface area (Å²) in [6, 6.07) is -0.297. The summed E-state index contributed by atoms with van der Waals surface area (Å²) in [5.41, 5.74) is 0.874. The number of aromatic nitrogens is 3. The Balaban J connectivity index is 2.69. The van der Waals surface area contributed by atoms with Crippen molar-refractivity contribution < 1.29 is 29.5 Å². The van der Waals surface area contributed by atoms with Gasteiger partial charge in [0.1, 0.15) is 18.2 Å². The molecular formula is C15H29N3O6. The van der Waals surface area contributed by atoms with Crippen LogP contribution < -0.4 is 0 Å². The van der Waals surface area contributed by atoms with E-state index in [-0.39, 0.29) is 45.7 Å². The van der Waals surface area contributed by atoms with E-state index in [9.17, 15) is 5.11 Å². The van der Waals surface area contributed by atoms with Crippen LogP contribution in [0.15, 0.2) is 6.20 Å². The molecule has 24 heavy (non-hydrogen) atoms. The Morgan fingerprint density at radius 2 is 1.67 bits per heavy atom. The third kappa shape index (κ3) is 7.20. The zero-order valence-electron chi connectivity index (χ0n) is 14.4. The minimum Gasteiger partial charge on any atom is -0.394 e. The molecule has 9 heteroatoms. The Morgan fingerprint density at radius 3 is 2.21 bits per heavy atom. The number of aryl methyl sites for hydroxylation is 1. The van der Waals surface area contributed by atoms with E-state index in [1.165, 1.54) is 7.11 Å². The van der Waals surface area contributed by atoms with Crippen LogP contribution in [0, 0.1) is 0 Å². The van der Waals surface area contributed by atoms with E-state index in [0.29, 0.717) is 0 Å². The SMILES string of the molecule is CCCc1cn(C(COC(CO)CO)COC(CO)COC)nn1. The summed E-state index contributed by atoms with van der Waals surface area (Å²) >= 11 is 0. The van der Waals surface area contributed by atoms with Crippen LogP contribution in [-0.2, 0) is 20.6 Å². The second-order valence-corrected chi connectivity index (χ2v) is 5.51. The first-order chi connectivity index (χ1) is 11.7. The fourth-order valence-electron chi connectivity index (χ4n) is 2.06. The van der Waals surface area contributed by atoms with Gasteiger partial charge >= 0.3 is 0 Å². The molecule has 0 spiro atoms. The Kier molecular flexibility index (Phi) is 10.7. The van der Waals surface area contributed by atoms with Crippen LogP contribution in [-0.4, -0.2) is 89.3 Å². The molecule has 9 nitrogen and oxygen atoms in total. The second kappa shape index (κ2) is 12.3. The van der Waals surface area contributed by atoms with Gasteiger partial charge in [-0.2, -0.15) is 0 Å². The van der Waals surface area contributed by atoms with Gasteiger partial charge < -0.3 is 29.5 Å². The van der Waals surface area contributed by atoms with E-state index in [1.54, 1.807) is 4.68 Å². The van der Waals surface area contributed by atoms with Crippen molar-refractivity contribution in [2.45, 2.75) is 38.0 Å². The molecular weight excluding hydrogens is 318 g/mol. The monoisotopic (exact) mass is 347 g/mol. The number of rotatable bonds is 14. The standard InChI is InChI=1S/C15H29N3O6/c1-3-4-12-5-18(17-16-12)13(9-23-14(6-19)7-20)10-24-15(8-21)11-22-2/h5,13-15,19-21H,3-4,6-11H2,1-2H3. The molecule has 2 unspecified atom stereocenters. The van der Waals surface area contributed by atoms with Crippen molar-refractivity contribution in [3.8, 4) is 0 Å². The highest BCUT2D eigenvalue weighted by Gasteiger charge is 2.19. The lowest BCUT2D eigenvalue weighted by molar-refractivity contribution is -0.0719. The van der Waals surface area contributed by atoms with Crippen molar-refractivity contribution in [3.63, 3.8) is 0 Å². The first kappa shape index (κ1) is 20.9. The van der Waals surface area contributed by atoms with Crippen LogP contribution in [0.25, 0.3) is 0 Å². The molecule has 3 N–H and O–H groups in total. The molecule has 0 aliphatic rings. The fourth-order valence-corrected chi connectivity index (χ4v) is 2.06. The summed E-state index contributed by atoms with van der Waals surface area (Å²) in [6.45, 7) is 2.05. The van der Waals surface area contributed by atoms with Crippen LogP contribution in [0.4, 0.5) is 0 Å². The van der Waals surface area contributed by atoms with Gasteiger partial charge in [0.05, 0.1) is 45.3 Å². The predicted molar refractivity (Wildman–Crippen MR) is 85.7 cm³/mol. The van der Waals surface area contributed by atoms with Gasteiger partial charge in [-0.3, -0.25) is 0 Å². The number of hydrogen-bond acceptors (Lipinski definition) is 8. The lowest BCUT2D eigenvalue weighted by Crippen LogP contribution is -2.32. The molecule has 0 bridgehead atoms. The molecule has 1 aromatic heterocycles. The van der Waals surface area contributed by atoms with Crippen LogP contribution in [0.1, 0.15) is 25.1 Å². The minimum absolute atomic E-state index is 0.157. The zero-order valence-corrected chi connectivity index (χ0v) is 14.4. The molecule has 1 rings (SSSR count). The maximum Gasteiger partial charge on any atom is 0.104 e. The Bertz CT molecular complexity index is 427. The van der Waals surface area contributed by atoms with E-state index in [4.69, 9.17) is 24.4 Å². The normalized spacial score (nSPS) is 14.2. The first-order valence-corrected chi connectivity index (χ1v) is 8.13. The molecule has 0 amide bonds. The second-order valence-electron chi connectivity index (χ2n) is 5.51. The smallest absolute Gasteiger partial charge is 0.104 e. The van der Waals surface area contributed by atoms with Gasteiger partial charge in [-0.1, -0.05) is 18.6 Å². The number of hydrogen-bond donors (Lipinski definition) is 3. The number of ether oxygens (including phenoxy) is 3. The molecule has 2 atom stereocenters. The number of aliphatic hydroxyl groups excluding tert-OH is 3. The molecule has 0 saturated carbocycles. The fraction of sp³-hybridized carbons (Fsp3) is 0.867. The van der Waals surface area contributed by atoms with Gasteiger partial charge in [-0.25, -0.2) is 4.68 Å². The van der Waals surface area contributed by atoms with Crippen molar-refractivity contribution in [3.05, 3.63) is 11.9 Å². The van der Waals surface area contributed by atoms with Crippen molar-refractivity contribution in [2.24, 2.45) is 0 Å². The van der Waals surface area contributed by atoms with E-state index < -0.39 is 12.2 Å². The highest BCUT2D eigenvalue weighted by molar-refractivity contribution is 4.93. The predicted octanol–water partition coefficient (Wildman–Crippen LogP) is -0.835. The highest BCUT2D eigenvalue weighted by Crippen LogP contribution is 2.11. The number of nitrogens with zero attached hydrogens (tertiary/aromatic N) is 3. The molecule has 1 heterocycles. The number of methoxy groups -OCH3 is 1. The molecule has 140 valence electrons. The van der Waals surface area contributed by atoms with Crippen molar-refractivity contribution in [2.75, 3.05) is 46.8 Å². The van der Waals surface area contributed by atoms with Crippen molar-refractivity contribution in [1.29, 1.82) is 0 Å². The highest BCUT2D eigenvalue weighted by atomic mass is 16.5. The first-order valence-electron chi connectivity index (χ1n) is 8.13. The molecule has 0 aliphatic heterocycles. The van der Waals surface area contributed by atoms with Crippen LogP contribution in [0.3, 0.4) is 0 Å². The summed E-state index contributed by atoms with van der Waals surface area (Å²) in [4.78, 5) is 0. The summed E-state index contributed by atoms with van der Waals surface area (Å²) in [5.74, 6) is 0. The lowest BCUT2D eigenvalue weighted by atomic mass is 10.2. The van der Waals surface area contributed by atoms with Crippen LogP contribution >= 0.6 is 0 Å². The zero-order chi connectivity index (χ0) is 17.8. The maximum absolute atomic E-state index is 9.27. The average molecular weight is 347 g/mol. The largest absolute Gasteiger partial charge is 0.394 e. The van der Waals surface area contributed by atoms with Gasteiger partial charge in [0.15, 0.2) is 0 Å². The van der Waals surface area contributed by atoms with E-state index in [2.05, 4.69) is 17.2 Å². The number of aliphatic hydroxyl groups is 3. The van der Waals surface area contributed by atoms with Crippen molar-refractivity contribution >= 4 is 0 Å². The van der Waals surface area contributed by atoms with Crippen LogP contribution in [0.2, 0.25) is 0 Å². The van der Waals surface area contributed by atoms with Gasteiger partial charge in [-0.05, 0) is 6.42 Å². The van der Waals surface area contributed by atoms with Gasteiger partial charge in [0.2, 0.25) is 0 Å². The Labute approximate surface area is 142 Å². The summed E-state index contributed by atoms with van der Waals surface area (Å²) < 4.78 is 17.8. The Hall–Kier alpha value is -1.10. The van der Waals surface area contributed by atoms with Crippen molar-refractivity contribution in [1.82, 2.24) is 15.0 Å². The molecule has 0 saturated heterocycles. The van der Waals surface area contributed by atoms with E-state index in [0.717, 1.165) is 18.5 Å². The van der Waals surface area contributed by atoms with Crippen LogP contribution in [0.5, 0.6) is 0 Å². The maximum atomic E-state index is 9.27. The van der Waals surface area contributed by atoms with E-state index in [1.807, 2.05) is 6.20 Å². The lowest BCUT2D eigenvalue weighted by Gasteiger charge is -2.22. The summed E-state index contributed by atoms with van der Waals surface area (Å²) in [7, 11) is 1.54. The topological polar surface area (TPSA) is 119 Å². The quantitative estimate of drug-likeness (QED) is 0.399. The molecule has 0 fully saturated rings. The van der Waals surface area contributed by atoms with Gasteiger partial charge in [-0.15, -0.1) is 5.10 Å².